The fraction of sp³-hybridized carbons (Fsp3) is 0.364. The van der Waals surface area contributed by atoms with Crippen LogP contribution in [-0.4, -0.2) is 34.9 Å². The molecule has 5 nitrogen and oxygen atoms in total. The van der Waals surface area contributed by atoms with Crippen LogP contribution < -0.4 is 5.32 Å². The molecule has 0 spiro atoms. The van der Waals surface area contributed by atoms with Gasteiger partial charge in [0.15, 0.2) is 0 Å². The largest absolute Gasteiger partial charge is 0.480 e. The molecule has 5 heteroatoms. The van der Waals surface area contributed by atoms with Crippen LogP contribution in [0.2, 0.25) is 0 Å². The predicted molar refractivity (Wildman–Crippen MR) is 58.0 cm³/mol. The van der Waals surface area contributed by atoms with Crippen molar-refractivity contribution in [2.75, 3.05) is 6.54 Å². The number of hydrogen-bond donors (Lipinski definition) is 2. The van der Waals surface area contributed by atoms with Crippen LogP contribution in [0.1, 0.15) is 12.1 Å². The van der Waals surface area contributed by atoms with Crippen LogP contribution in [0.5, 0.6) is 0 Å². The number of hydrogen-bond acceptors (Lipinski definition) is 4. The molecular weight excluding hydrogens is 208 g/mol. The molecule has 1 heterocycles. The van der Waals surface area contributed by atoms with Crippen molar-refractivity contribution in [1.29, 1.82) is 0 Å². The van der Waals surface area contributed by atoms with Crippen molar-refractivity contribution in [2.24, 2.45) is 0 Å². The van der Waals surface area contributed by atoms with E-state index in [1.807, 2.05) is 18.2 Å². The minimum absolute atomic E-state index is 0.0163. The van der Waals surface area contributed by atoms with Gasteiger partial charge in [0.1, 0.15) is 12.3 Å². The second kappa shape index (κ2) is 6.68. The number of carboxylic acids is 1. The summed E-state index contributed by atoms with van der Waals surface area (Å²) in [6.45, 7) is 0.488. The molecule has 0 saturated carbocycles. The normalized spacial score (nSPS) is 12.0. The zero-order valence-electron chi connectivity index (χ0n) is 8.80. The number of nitrogens with zero attached hydrogens (tertiary/aromatic N) is 1. The van der Waals surface area contributed by atoms with Crippen LogP contribution in [0.3, 0.4) is 0 Å². The van der Waals surface area contributed by atoms with E-state index < -0.39 is 12.0 Å². The van der Waals surface area contributed by atoms with Crippen molar-refractivity contribution in [2.45, 2.75) is 18.9 Å². The van der Waals surface area contributed by atoms with Gasteiger partial charge in [-0.25, -0.2) is 0 Å². The lowest BCUT2D eigenvalue weighted by atomic mass is 10.2. The molecular formula is C11H14N2O3. The lowest BCUT2D eigenvalue weighted by Gasteiger charge is -2.10. The quantitative estimate of drug-likeness (QED) is 0.647. The summed E-state index contributed by atoms with van der Waals surface area (Å²) in [6, 6.07) is 4.77. The molecule has 0 aliphatic carbocycles. The molecule has 0 aliphatic rings. The highest BCUT2D eigenvalue weighted by Gasteiger charge is 2.15. The molecule has 86 valence electrons. The first kappa shape index (κ1) is 12.3. The van der Waals surface area contributed by atoms with Gasteiger partial charge < -0.3 is 15.2 Å². The second-order valence-electron chi connectivity index (χ2n) is 3.32. The molecule has 1 unspecified atom stereocenters. The Morgan fingerprint density at radius 1 is 1.56 bits per heavy atom. The first-order chi connectivity index (χ1) is 7.74. The molecule has 0 fully saturated rings. The Labute approximate surface area is 93.5 Å². The number of aromatic nitrogens is 1. The van der Waals surface area contributed by atoms with Gasteiger partial charge in [-0.05, 0) is 12.1 Å². The van der Waals surface area contributed by atoms with Crippen LogP contribution in [0.4, 0.5) is 0 Å². The lowest BCUT2D eigenvalue weighted by molar-refractivity contribution is -0.140. The van der Waals surface area contributed by atoms with E-state index in [1.165, 1.54) is 0 Å². The molecule has 0 aliphatic heterocycles. The van der Waals surface area contributed by atoms with Crippen LogP contribution in [0.25, 0.3) is 0 Å². The van der Waals surface area contributed by atoms with E-state index >= 15 is 0 Å². The third-order valence-electron chi connectivity index (χ3n) is 2.13. The molecule has 1 atom stereocenters. The highest BCUT2D eigenvalue weighted by Crippen LogP contribution is 1.95. The summed E-state index contributed by atoms with van der Waals surface area (Å²) in [5.41, 5.74) is 0.894. The van der Waals surface area contributed by atoms with E-state index in [-0.39, 0.29) is 6.42 Å². The van der Waals surface area contributed by atoms with E-state index in [2.05, 4.69) is 10.3 Å². The number of pyridine rings is 1. The van der Waals surface area contributed by atoms with Gasteiger partial charge >= 0.3 is 5.97 Å². The topological polar surface area (TPSA) is 79.3 Å². The zero-order valence-corrected chi connectivity index (χ0v) is 8.80. The molecule has 16 heavy (non-hydrogen) atoms. The zero-order chi connectivity index (χ0) is 11.8. The third-order valence-corrected chi connectivity index (χ3v) is 2.13. The predicted octanol–water partition coefficient (Wildman–Crippen LogP) is 0.256. The van der Waals surface area contributed by atoms with Gasteiger partial charge in [-0.3, -0.25) is 9.78 Å². The monoisotopic (exact) mass is 222 g/mol. The van der Waals surface area contributed by atoms with Crippen molar-refractivity contribution in [3.05, 3.63) is 30.1 Å². The Kier molecular flexibility index (Phi) is 5.15. The van der Waals surface area contributed by atoms with Gasteiger partial charge in [-0.15, -0.1) is 0 Å². The maximum Gasteiger partial charge on any atom is 0.321 e. The molecule has 1 aromatic rings. The Bertz CT molecular complexity index is 340. The van der Waals surface area contributed by atoms with Crippen molar-refractivity contribution >= 4 is 12.3 Å². The number of aliphatic carboxylic acids is 1. The Balaban J connectivity index is 2.33. The number of nitrogens with one attached hydrogen (secondary N) is 1. The summed E-state index contributed by atoms with van der Waals surface area (Å²) < 4.78 is 0. The summed E-state index contributed by atoms with van der Waals surface area (Å²) in [5.74, 6) is -1.01. The molecule has 0 aromatic carbocycles. The van der Waals surface area contributed by atoms with Crippen molar-refractivity contribution < 1.29 is 14.7 Å². The molecule has 0 saturated heterocycles. The first-order valence-electron chi connectivity index (χ1n) is 5.03. The Hall–Kier alpha value is -1.75. The van der Waals surface area contributed by atoms with Crippen LogP contribution >= 0.6 is 0 Å². The molecule has 0 amide bonds. The van der Waals surface area contributed by atoms with E-state index in [1.54, 1.807) is 6.20 Å². The SMILES string of the molecule is O=CCC(NCCc1ccccn1)C(=O)O. The summed E-state index contributed by atoms with van der Waals surface area (Å²) in [6.07, 6.45) is 2.92. The van der Waals surface area contributed by atoms with Gasteiger partial charge in [0, 0.05) is 31.3 Å². The number of carboxylic acid groups (broad SMARTS) is 1. The second-order valence-corrected chi connectivity index (χ2v) is 3.32. The lowest BCUT2D eigenvalue weighted by Crippen LogP contribution is -2.38. The van der Waals surface area contributed by atoms with Crippen LogP contribution in [0, 0.1) is 0 Å². The molecule has 1 rings (SSSR count). The van der Waals surface area contributed by atoms with Crippen LogP contribution in [-0.2, 0) is 16.0 Å². The third kappa shape index (κ3) is 4.18. The molecule has 0 radical (unpaired) electrons. The number of rotatable bonds is 7. The minimum Gasteiger partial charge on any atom is -0.480 e. The number of carbonyl (C=O) groups excluding carboxylic acids is 1. The van der Waals surface area contributed by atoms with Gasteiger partial charge in [-0.1, -0.05) is 6.07 Å². The van der Waals surface area contributed by atoms with Gasteiger partial charge in [0.25, 0.3) is 0 Å². The number of aldehydes is 1. The average Bonchev–Trinajstić information content (AvgIpc) is 2.29. The minimum atomic E-state index is -1.01. The fourth-order valence-corrected chi connectivity index (χ4v) is 1.29. The van der Waals surface area contributed by atoms with Gasteiger partial charge in [-0.2, -0.15) is 0 Å². The van der Waals surface area contributed by atoms with Crippen molar-refractivity contribution in [3.63, 3.8) is 0 Å². The summed E-state index contributed by atoms with van der Waals surface area (Å²) in [7, 11) is 0. The highest BCUT2D eigenvalue weighted by atomic mass is 16.4. The van der Waals surface area contributed by atoms with Crippen LogP contribution in [0.15, 0.2) is 24.4 Å². The number of carbonyl (C=O) groups is 2. The van der Waals surface area contributed by atoms with E-state index in [0.717, 1.165) is 5.69 Å². The van der Waals surface area contributed by atoms with Gasteiger partial charge in [0.2, 0.25) is 0 Å². The van der Waals surface area contributed by atoms with Crippen molar-refractivity contribution in [1.82, 2.24) is 10.3 Å². The molecule has 1 aromatic heterocycles. The van der Waals surface area contributed by atoms with E-state index in [4.69, 9.17) is 5.11 Å². The van der Waals surface area contributed by atoms with Gasteiger partial charge in [0.05, 0.1) is 0 Å². The van der Waals surface area contributed by atoms with Crippen molar-refractivity contribution in [3.8, 4) is 0 Å². The van der Waals surface area contributed by atoms with E-state index in [0.29, 0.717) is 19.3 Å². The first-order valence-corrected chi connectivity index (χ1v) is 5.03. The van der Waals surface area contributed by atoms with E-state index in [9.17, 15) is 9.59 Å². The summed E-state index contributed by atoms with van der Waals surface area (Å²) >= 11 is 0. The summed E-state index contributed by atoms with van der Waals surface area (Å²) in [5, 5.41) is 11.6. The maximum atomic E-state index is 10.7. The Morgan fingerprint density at radius 3 is 2.94 bits per heavy atom. The molecule has 2 N–H and O–H groups in total. The maximum absolute atomic E-state index is 10.7. The standard InChI is InChI=1S/C11H14N2O3/c14-8-5-10(11(15)16)13-7-4-9-3-1-2-6-12-9/h1-3,6,8,10,13H,4-5,7H2,(H,15,16). The summed E-state index contributed by atoms with van der Waals surface area (Å²) in [4.78, 5) is 25.0. The molecule has 0 bridgehead atoms. The Morgan fingerprint density at radius 2 is 2.38 bits per heavy atom. The fourth-order valence-electron chi connectivity index (χ4n) is 1.29. The average molecular weight is 222 g/mol. The highest BCUT2D eigenvalue weighted by molar-refractivity contribution is 5.76. The smallest absolute Gasteiger partial charge is 0.321 e.